The molecule has 0 bridgehead atoms. The predicted octanol–water partition coefficient (Wildman–Crippen LogP) is 4.45. The van der Waals surface area contributed by atoms with Crippen molar-refractivity contribution in [1.29, 1.82) is 0 Å². The van der Waals surface area contributed by atoms with Crippen molar-refractivity contribution in [2.45, 2.75) is 38.0 Å². The quantitative estimate of drug-likeness (QED) is 0.579. The van der Waals surface area contributed by atoms with Gasteiger partial charge in [0.2, 0.25) is 5.78 Å². The molecular formula is C15H18O2S. The first-order chi connectivity index (χ1) is 8.76. The minimum absolute atomic E-state index is 0.146. The summed E-state index contributed by atoms with van der Waals surface area (Å²) in [4.78, 5) is 14.1. The smallest absolute Gasteiger partial charge is 0.200 e. The van der Waals surface area contributed by atoms with E-state index in [1.54, 1.807) is 11.8 Å². The fraction of sp³-hybridized carbons (Fsp3) is 0.400. The normalized spacial score (nSPS) is 16.1. The number of fused-ring (bicyclic) bond motifs is 1. The predicted molar refractivity (Wildman–Crippen MR) is 75.4 cm³/mol. The van der Waals surface area contributed by atoms with Crippen LogP contribution in [0.5, 0.6) is 5.75 Å². The molecule has 0 aliphatic carbocycles. The summed E-state index contributed by atoms with van der Waals surface area (Å²) in [7, 11) is 0. The summed E-state index contributed by atoms with van der Waals surface area (Å²) >= 11 is 1.58. The first-order valence-corrected chi connectivity index (χ1v) is 7.27. The van der Waals surface area contributed by atoms with Crippen LogP contribution in [0.4, 0.5) is 0 Å². The number of carbonyl (C=O) groups is 1. The molecule has 1 aliphatic heterocycles. The average Bonchev–Trinajstić information content (AvgIpc) is 2.68. The second-order valence-corrected chi connectivity index (χ2v) is 5.32. The largest absolute Gasteiger partial charge is 0.494 e. The molecule has 2 nitrogen and oxygen atoms in total. The third-order valence-corrected chi connectivity index (χ3v) is 3.99. The minimum atomic E-state index is 0.146. The number of carbonyl (C=O) groups excluding carboxylic acids is 1. The van der Waals surface area contributed by atoms with Crippen molar-refractivity contribution in [3.05, 3.63) is 34.7 Å². The molecule has 0 unspecified atom stereocenters. The summed E-state index contributed by atoms with van der Waals surface area (Å²) in [5.41, 5.74) is 0.786. The van der Waals surface area contributed by atoms with E-state index >= 15 is 0 Å². The van der Waals surface area contributed by atoms with Gasteiger partial charge in [-0.2, -0.15) is 0 Å². The van der Waals surface area contributed by atoms with Crippen LogP contribution in [0.1, 0.15) is 43.5 Å². The summed E-state index contributed by atoms with van der Waals surface area (Å²) in [5, 5.41) is 0. The SMILES string of the molecule is CCCC/C=C1\Sc2ccc(OCC)cc2C1=O. The van der Waals surface area contributed by atoms with E-state index in [0.29, 0.717) is 6.61 Å². The van der Waals surface area contributed by atoms with Crippen LogP contribution in [0.25, 0.3) is 0 Å². The molecule has 0 fully saturated rings. The van der Waals surface area contributed by atoms with E-state index in [4.69, 9.17) is 4.74 Å². The van der Waals surface area contributed by atoms with Crippen LogP contribution >= 0.6 is 11.8 Å². The highest BCUT2D eigenvalue weighted by molar-refractivity contribution is 8.04. The van der Waals surface area contributed by atoms with Gasteiger partial charge in [0.25, 0.3) is 0 Å². The Morgan fingerprint density at radius 1 is 1.33 bits per heavy atom. The zero-order valence-corrected chi connectivity index (χ0v) is 11.7. The monoisotopic (exact) mass is 262 g/mol. The lowest BCUT2D eigenvalue weighted by atomic mass is 10.1. The van der Waals surface area contributed by atoms with Crippen LogP contribution in [-0.4, -0.2) is 12.4 Å². The van der Waals surface area contributed by atoms with Gasteiger partial charge in [0.1, 0.15) is 5.75 Å². The van der Waals surface area contributed by atoms with Gasteiger partial charge in [0.05, 0.1) is 11.5 Å². The molecule has 0 N–H and O–H groups in total. The van der Waals surface area contributed by atoms with Crippen molar-refractivity contribution in [2.24, 2.45) is 0 Å². The van der Waals surface area contributed by atoms with Gasteiger partial charge in [-0.3, -0.25) is 4.79 Å². The molecule has 2 rings (SSSR count). The molecule has 1 heterocycles. The van der Waals surface area contributed by atoms with Gasteiger partial charge < -0.3 is 4.74 Å². The highest BCUT2D eigenvalue weighted by atomic mass is 32.2. The van der Waals surface area contributed by atoms with Crippen molar-refractivity contribution >= 4 is 17.5 Å². The second kappa shape index (κ2) is 6.10. The van der Waals surface area contributed by atoms with Gasteiger partial charge in [-0.15, -0.1) is 0 Å². The van der Waals surface area contributed by atoms with Crippen molar-refractivity contribution in [2.75, 3.05) is 6.61 Å². The number of benzene rings is 1. The number of Topliss-reactive ketones (excluding diaryl/α,β-unsaturated/α-hetero) is 1. The minimum Gasteiger partial charge on any atom is -0.494 e. The first-order valence-electron chi connectivity index (χ1n) is 6.45. The molecule has 18 heavy (non-hydrogen) atoms. The van der Waals surface area contributed by atoms with E-state index in [9.17, 15) is 4.79 Å². The van der Waals surface area contributed by atoms with E-state index in [1.807, 2.05) is 25.1 Å². The van der Waals surface area contributed by atoms with Crippen LogP contribution in [-0.2, 0) is 0 Å². The maximum Gasteiger partial charge on any atom is 0.200 e. The third-order valence-electron chi connectivity index (χ3n) is 2.84. The fourth-order valence-corrected chi connectivity index (χ4v) is 2.94. The molecule has 0 saturated heterocycles. The lowest BCUT2D eigenvalue weighted by Gasteiger charge is -2.03. The maximum atomic E-state index is 12.2. The van der Waals surface area contributed by atoms with E-state index in [2.05, 4.69) is 13.0 Å². The topological polar surface area (TPSA) is 26.3 Å². The lowest BCUT2D eigenvalue weighted by Crippen LogP contribution is -1.97. The summed E-state index contributed by atoms with van der Waals surface area (Å²) in [6, 6.07) is 5.76. The Morgan fingerprint density at radius 3 is 2.89 bits per heavy atom. The lowest BCUT2D eigenvalue weighted by molar-refractivity contribution is 0.104. The molecule has 1 aromatic carbocycles. The molecule has 3 heteroatoms. The standard InChI is InChI=1S/C15H18O2S/c1-3-5-6-7-14-15(16)12-10-11(17-4-2)8-9-13(12)18-14/h7-10H,3-6H2,1-2H3/b14-7-. The Morgan fingerprint density at radius 2 is 2.17 bits per heavy atom. The third kappa shape index (κ3) is 2.78. The molecule has 0 radical (unpaired) electrons. The Labute approximate surface area is 112 Å². The number of thioether (sulfide) groups is 1. The Hall–Kier alpha value is -1.22. The summed E-state index contributed by atoms with van der Waals surface area (Å²) in [5.74, 6) is 0.924. The summed E-state index contributed by atoms with van der Waals surface area (Å²) < 4.78 is 5.43. The highest BCUT2D eigenvalue weighted by Crippen LogP contribution is 2.41. The fourth-order valence-electron chi connectivity index (χ4n) is 1.90. The molecule has 1 aliphatic rings. The molecule has 96 valence electrons. The molecule has 0 atom stereocenters. The van der Waals surface area contributed by atoms with Crippen molar-refractivity contribution in [1.82, 2.24) is 0 Å². The van der Waals surface area contributed by atoms with Gasteiger partial charge in [0, 0.05) is 10.5 Å². The second-order valence-electron chi connectivity index (χ2n) is 4.23. The number of ether oxygens (including phenoxy) is 1. The number of allylic oxidation sites excluding steroid dienone is 2. The maximum absolute atomic E-state index is 12.2. The van der Waals surface area contributed by atoms with Crippen molar-refractivity contribution < 1.29 is 9.53 Å². The Balaban J connectivity index is 2.17. The first kappa shape index (κ1) is 13.2. The van der Waals surface area contributed by atoms with E-state index in [1.165, 1.54) is 0 Å². The number of rotatable bonds is 5. The average molecular weight is 262 g/mol. The zero-order chi connectivity index (χ0) is 13.0. The van der Waals surface area contributed by atoms with Crippen LogP contribution in [0, 0.1) is 0 Å². The van der Waals surface area contributed by atoms with Crippen molar-refractivity contribution in [3.63, 3.8) is 0 Å². The van der Waals surface area contributed by atoms with E-state index in [0.717, 1.165) is 40.4 Å². The number of unbranched alkanes of at least 4 members (excludes halogenated alkanes) is 2. The molecule has 0 aromatic heterocycles. The molecule has 1 aromatic rings. The van der Waals surface area contributed by atoms with Crippen LogP contribution < -0.4 is 4.74 Å². The van der Waals surface area contributed by atoms with Gasteiger partial charge in [-0.25, -0.2) is 0 Å². The Kier molecular flexibility index (Phi) is 4.48. The van der Waals surface area contributed by atoms with E-state index in [-0.39, 0.29) is 5.78 Å². The van der Waals surface area contributed by atoms with Crippen molar-refractivity contribution in [3.8, 4) is 5.75 Å². The molecular weight excluding hydrogens is 244 g/mol. The zero-order valence-electron chi connectivity index (χ0n) is 10.9. The Bertz CT molecular complexity index is 477. The van der Waals surface area contributed by atoms with Gasteiger partial charge in [0.15, 0.2) is 0 Å². The number of hydrogen-bond donors (Lipinski definition) is 0. The van der Waals surface area contributed by atoms with E-state index < -0.39 is 0 Å². The van der Waals surface area contributed by atoms with Gasteiger partial charge in [-0.1, -0.05) is 37.6 Å². The molecule has 0 spiro atoms. The van der Waals surface area contributed by atoms with Crippen LogP contribution in [0.3, 0.4) is 0 Å². The molecule has 0 saturated carbocycles. The summed E-state index contributed by atoms with van der Waals surface area (Å²) in [6.45, 7) is 4.73. The summed E-state index contributed by atoms with van der Waals surface area (Å²) in [6.07, 6.45) is 5.34. The van der Waals surface area contributed by atoms with Gasteiger partial charge in [-0.05, 0) is 31.5 Å². The van der Waals surface area contributed by atoms with Crippen LogP contribution in [0.15, 0.2) is 34.1 Å². The number of hydrogen-bond acceptors (Lipinski definition) is 3. The molecule has 0 amide bonds. The van der Waals surface area contributed by atoms with Gasteiger partial charge >= 0.3 is 0 Å². The van der Waals surface area contributed by atoms with Crippen LogP contribution in [0.2, 0.25) is 0 Å². The highest BCUT2D eigenvalue weighted by Gasteiger charge is 2.25. The number of ketones is 1.